The number of anilines is 1. The van der Waals surface area contributed by atoms with Crippen LogP contribution in [0.15, 0.2) is 35.1 Å². The fourth-order valence-corrected chi connectivity index (χ4v) is 4.41. The van der Waals surface area contributed by atoms with Crippen molar-refractivity contribution in [1.29, 1.82) is 0 Å². The molecule has 30 heavy (non-hydrogen) atoms. The number of halogens is 1. The second-order valence-electron chi connectivity index (χ2n) is 6.95. The molecule has 158 valence electrons. The smallest absolute Gasteiger partial charge is 0.407 e. The van der Waals surface area contributed by atoms with Gasteiger partial charge in [0.2, 0.25) is 0 Å². The van der Waals surface area contributed by atoms with Gasteiger partial charge in [0.25, 0.3) is 0 Å². The van der Waals surface area contributed by atoms with Crippen molar-refractivity contribution < 1.29 is 19.4 Å². The molecule has 1 aromatic carbocycles. The van der Waals surface area contributed by atoms with E-state index in [2.05, 4.69) is 31.3 Å². The lowest BCUT2D eigenvalue weighted by atomic mass is 10.1. The molecule has 0 aliphatic carbocycles. The first kappa shape index (κ1) is 20.3. The maximum absolute atomic E-state index is 11.3. The number of hydrogen-bond donors (Lipinski definition) is 2. The van der Waals surface area contributed by atoms with Crippen molar-refractivity contribution in [3.8, 4) is 11.5 Å². The minimum absolute atomic E-state index is 0.0144. The Kier molecular flexibility index (Phi) is 5.67. The molecular weight excluding hydrogens is 454 g/mol. The second kappa shape index (κ2) is 8.39. The fourth-order valence-electron chi connectivity index (χ4n) is 3.85. The molecule has 0 spiro atoms. The molecule has 3 aromatic rings. The molecule has 0 radical (unpaired) electrons. The van der Waals surface area contributed by atoms with E-state index >= 15 is 0 Å². The third kappa shape index (κ3) is 3.62. The summed E-state index contributed by atoms with van der Waals surface area (Å²) in [5, 5.41) is 18.1. The van der Waals surface area contributed by atoms with E-state index in [0.29, 0.717) is 30.1 Å². The van der Waals surface area contributed by atoms with E-state index in [0.717, 1.165) is 34.4 Å². The molecular formula is C20H22BrN5O4. The summed E-state index contributed by atoms with van der Waals surface area (Å²) in [5.74, 6) is 2.12. The second-order valence-corrected chi connectivity index (χ2v) is 7.71. The van der Waals surface area contributed by atoms with E-state index in [1.807, 2.05) is 28.9 Å². The van der Waals surface area contributed by atoms with Crippen LogP contribution in [-0.4, -0.2) is 58.2 Å². The zero-order valence-corrected chi connectivity index (χ0v) is 18.2. The molecule has 1 atom stereocenters. The van der Waals surface area contributed by atoms with E-state index in [-0.39, 0.29) is 6.04 Å². The Balaban J connectivity index is 1.64. The van der Waals surface area contributed by atoms with Crippen molar-refractivity contribution in [1.82, 2.24) is 19.7 Å². The first-order valence-electron chi connectivity index (χ1n) is 9.47. The lowest BCUT2D eigenvalue weighted by Gasteiger charge is -2.15. The number of rotatable bonds is 6. The molecule has 2 N–H and O–H groups in total. The molecule has 9 nitrogen and oxygen atoms in total. The van der Waals surface area contributed by atoms with Crippen LogP contribution in [0.2, 0.25) is 0 Å². The van der Waals surface area contributed by atoms with Gasteiger partial charge in [-0.3, -0.25) is 4.68 Å². The van der Waals surface area contributed by atoms with E-state index in [1.165, 1.54) is 4.90 Å². The number of amides is 1. The predicted octanol–water partition coefficient (Wildman–Crippen LogP) is 3.75. The zero-order valence-electron chi connectivity index (χ0n) is 16.6. The zero-order chi connectivity index (χ0) is 21.3. The SMILES string of the molecule is COc1cccc(OC)c1CNc1nccc2c1c(Br)nn2C1CCN(C(=O)O)C1. The number of benzene rings is 1. The summed E-state index contributed by atoms with van der Waals surface area (Å²) in [4.78, 5) is 17.2. The summed E-state index contributed by atoms with van der Waals surface area (Å²) >= 11 is 3.55. The Morgan fingerprint density at radius 1 is 1.30 bits per heavy atom. The third-order valence-corrected chi connectivity index (χ3v) is 5.87. The Morgan fingerprint density at radius 3 is 2.67 bits per heavy atom. The molecule has 0 bridgehead atoms. The van der Waals surface area contributed by atoms with Gasteiger partial charge in [0.15, 0.2) is 0 Å². The van der Waals surface area contributed by atoms with Gasteiger partial charge in [-0.1, -0.05) is 6.07 Å². The monoisotopic (exact) mass is 475 g/mol. The summed E-state index contributed by atoms with van der Waals surface area (Å²) in [6, 6.07) is 7.53. The molecule has 2 aromatic heterocycles. The maximum atomic E-state index is 11.3. The van der Waals surface area contributed by atoms with E-state index < -0.39 is 6.09 Å². The van der Waals surface area contributed by atoms with Crippen LogP contribution in [-0.2, 0) is 6.54 Å². The Bertz CT molecular complexity index is 1060. The van der Waals surface area contributed by atoms with Crippen molar-refractivity contribution in [3.05, 3.63) is 40.6 Å². The van der Waals surface area contributed by atoms with Gasteiger partial charge < -0.3 is 24.8 Å². The minimum Gasteiger partial charge on any atom is -0.496 e. The highest BCUT2D eigenvalue weighted by Gasteiger charge is 2.29. The normalized spacial score (nSPS) is 16.1. The van der Waals surface area contributed by atoms with Gasteiger partial charge in [-0.05, 0) is 40.5 Å². The minimum atomic E-state index is -0.900. The summed E-state index contributed by atoms with van der Waals surface area (Å²) in [6.45, 7) is 1.37. The molecule has 1 amide bonds. The predicted molar refractivity (Wildman–Crippen MR) is 115 cm³/mol. The van der Waals surface area contributed by atoms with Crippen LogP contribution in [0.5, 0.6) is 11.5 Å². The molecule has 1 saturated heterocycles. The quantitative estimate of drug-likeness (QED) is 0.559. The van der Waals surface area contributed by atoms with Gasteiger partial charge in [0.1, 0.15) is 21.9 Å². The summed E-state index contributed by atoms with van der Waals surface area (Å²) in [6.07, 6.45) is 1.54. The number of fused-ring (bicyclic) bond motifs is 1. The van der Waals surface area contributed by atoms with Crippen LogP contribution in [0, 0.1) is 0 Å². The Morgan fingerprint density at radius 2 is 2.03 bits per heavy atom. The van der Waals surface area contributed by atoms with Crippen LogP contribution in [0.4, 0.5) is 10.6 Å². The van der Waals surface area contributed by atoms with Crippen LogP contribution < -0.4 is 14.8 Å². The lowest BCUT2D eigenvalue weighted by Crippen LogP contribution is -2.27. The fraction of sp³-hybridized carbons (Fsp3) is 0.350. The number of aromatic nitrogens is 3. The van der Waals surface area contributed by atoms with Crippen molar-refractivity contribution >= 4 is 38.7 Å². The van der Waals surface area contributed by atoms with Gasteiger partial charge in [-0.25, -0.2) is 9.78 Å². The maximum Gasteiger partial charge on any atom is 0.407 e. The van der Waals surface area contributed by atoms with Crippen molar-refractivity contribution in [2.24, 2.45) is 0 Å². The number of carboxylic acid groups (broad SMARTS) is 1. The van der Waals surface area contributed by atoms with Crippen molar-refractivity contribution in [2.45, 2.75) is 19.0 Å². The van der Waals surface area contributed by atoms with Crippen LogP contribution in [0.25, 0.3) is 10.9 Å². The third-order valence-electron chi connectivity index (χ3n) is 5.32. The van der Waals surface area contributed by atoms with Gasteiger partial charge in [-0.15, -0.1) is 0 Å². The molecule has 1 fully saturated rings. The molecule has 1 unspecified atom stereocenters. The van der Waals surface area contributed by atoms with Gasteiger partial charge in [0.05, 0.1) is 36.7 Å². The average Bonchev–Trinajstić information content (AvgIpc) is 3.37. The number of pyridine rings is 1. The van der Waals surface area contributed by atoms with Crippen molar-refractivity contribution in [3.63, 3.8) is 0 Å². The van der Waals surface area contributed by atoms with Gasteiger partial charge in [-0.2, -0.15) is 5.10 Å². The van der Waals surface area contributed by atoms with Crippen LogP contribution in [0.1, 0.15) is 18.0 Å². The van der Waals surface area contributed by atoms with Crippen molar-refractivity contribution in [2.75, 3.05) is 32.6 Å². The standard InChI is InChI=1S/C20H22BrN5O4/c1-29-15-4-3-5-16(30-2)13(15)10-23-19-17-14(6-8-22-19)26(24-18(17)21)12-7-9-25(11-12)20(27)28/h3-6,8,12H,7,9-11H2,1-2H3,(H,22,23)(H,27,28). The first-order valence-corrected chi connectivity index (χ1v) is 10.3. The molecule has 3 heterocycles. The van der Waals surface area contributed by atoms with Crippen LogP contribution in [0.3, 0.4) is 0 Å². The number of ether oxygens (including phenoxy) is 2. The highest BCUT2D eigenvalue weighted by Crippen LogP contribution is 2.34. The molecule has 4 rings (SSSR count). The summed E-state index contributed by atoms with van der Waals surface area (Å²) in [5.41, 5.74) is 1.78. The summed E-state index contributed by atoms with van der Waals surface area (Å²) < 4.78 is 13.5. The highest BCUT2D eigenvalue weighted by molar-refractivity contribution is 9.10. The average molecular weight is 476 g/mol. The van der Waals surface area contributed by atoms with E-state index in [1.54, 1.807) is 20.4 Å². The topological polar surface area (TPSA) is 102 Å². The largest absolute Gasteiger partial charge is 0.496 e. The van der Waals surface area contributed by atoms with E-state index in [9.17, 15) is 9.90 Å². The van der Waals surface area contributed by atoms with Crippen LogP contribution >= 0.6 is 15.9 Å². The first-order chi connectivity index (χ1) is 14.5. The number of methoxy groups -OCH3 is 2. The highest BCUT2D eigenvalue weighted by atomic mass is 79.9. The molecule has 0 saturated carbocycles. The number of carbonyl (C=O) groups is 1. The number of likely N-dealkylation sites (tertiary alicyclic amines) is 1. The summed E-state index contributed by atoms with van der Waals surface area (Å²) in [7, 11) is 3.25. The molecule has 1 aliphatic heterocycles. The Hall–Kier alpha value is -3.01. The van der Waals surface area contributed by atoms with Gasteiger partial charge >= 0.3 is 6.09 Å². The van der Waals surface area contributed by atoms with E-state index in [4.69, 9.17) is 9.47 Å². The Labute approximate surface area is 181 Å². The molecule has 10 heteroatoms. The lowest BCUT2D eigenvalue weighted by molar-refractivity contribution is 0.154. The number of nitrogens with zero attached hydrogens (tertiary/aromatic N) is 4. The van der Waals surface area contributed by atoms with Gasteiger partial charge in [0, 0.05) is 25.8 Å². The molecule has 1 aliphatic rings. The number of hydrogen-bond acceptors (Lipinski definition) is 6. The number of nitrogens with one attached hydrogen (secondary N) is 1.